The number of fused-ring (bicyclic) bond motifs is 1. The summed E-state index contributed by atoms with van der Waals surface area (Å²) in [5, 5.41) is 18.5. The van der Waals surface area contributed by atoms with Gasteiger partial charge < -0.3 is 45.7 Å². The number of nitrogens with two attached hydrogens (primary N) is 4. The molecule has 209 valence electrons. The monoisotopic (exact) mass is 602 g/mol. The quantitative estimate of drug-likeness (QED) is 0.0242. The van der Waals surface area contributed by atoms with E-state index in [9.17, 15) is 19.8 Å². The average Bonchev–Trinajstić information content (AvgIpc) is 3.68. The number of nitrogens with zero attached hydrogens (tertiary/aromatic N) is 3. The van der Waals surface area contributed by atoms with E-state index in [1.54, 1.807) is 34.1 Å². The molecule has 0 aromatic heterocycles. The molecule has 2 heterocycles. The van der Waals surface area contributed by atoms with Gasteiger partial charge in [0.05, 0.1) is 56.1 Å². The molecular weight excluding hydrogens is 563 g/mol. The zero-order chi connectivity index (χ0) is 27.1. The molecule has 0 bridgehead atoms. The number of aliphatic hydroxyl groups is 2. The second-order valence-corrected chi connectivity index (χ2v) is 7.99. The first-order valence-electron chi connectivity index (χ1n) is 11.2. The molecule has 1 saturated heterocycles. The van der Waals surface area contributed by atoms with Gasteiger partial charge in [-0.1, -0.05) is 12.1 Å². The summed E-state index contributed by atoms with van der Waals surface area (Å²) in [4.78, 5) is 28.0. The molecule has 3 atom stereocenters. The minimum atomic E-state index is -0.616. The Kier molecular flexibility index (Phi) is 19.5. The molecule has 10 N–H and O–H groups in total. The first kappa shape index (κ1) is 36.0. The maximum atomic E-state index is 11.8. The van der Waals surface area contributed by atoms with E-state index in [1.165, 1.54) is 4.90 Å². The largest absolute Gasteiger partial charge is 0.435 e. The molecule has 14 nitrogen and oxygen atoms in total. The van der Waals surface area contributed by atoms with Crippen molar-refractivity contribution < 1.29 is 66.7 Å². The predicted molar refractivity (Wildman–Crippen MR) is 131 cm³/mol. The Hall–Kier alpha value is -0.976. The van der Waals surface area contributed by atoms with Gasteiger partial charge in [0.1, 0.15) is 6.79 Å². The standard InChI is InChI=1S/C11H26N4O4.C11H9NO3.H4N2.Y/c1-14(5-10(16)3-12)7-18-9-19-8-15(2)6-11(17)4-13;13-10-8-3-1-2-4-9(8)11(14)12(10)5-7-6-15-7;1-2;/h10-11,16-17H,1-9,12-13H2;1-4,7H,5-6H2;1-2H2;/q-2;;;. The molecule has 0 aliphatic carbocycles. The molecule has 0 spiro atoms. The van der Waals surface area contributed by atoms with Crippen molar-refractivity contribution in [3.05, 3.63) is 49.5 Å². The van der Waals surface area contributed by atoms with E-state index in [0.29, 0.717) is 37.4 Å². The van der Waals surface area contributed by atoms with E-state index >= 15 is 0 Å². The first-order chi connectivity index (χ1) is 17.3. The molecule has 1 radical (unpaired) electrons. The third-order valence-electron chi connectivity index (χ3n) is 4.86. The molecule has 3 unspecified atom stereocenters. The Morgan fingerprint density at radius 2 is 1.38 bits per heavy atom. The van der Waals surface area contributed by atoms with Crippen molar-refractivity contribution in [3.63, 3.8) is 0 Å². The van der Waals surface area contributed by atoms with E-state index in [4.69, 9.17) is 25.7 Å². The number of hydrogen-bond donors (Lipinski definition) is 6. The number of epoxide rings is 1. The van der Waals surface area contributed by atoms with Gasteiger partial charge >= 0.3 is 0 Å². The fourth-order valence-corrected chi connectivity index (χ4v) is 3.02. The maximum Gasteiger partial charge on any atom is 0.261 e. The predicted octanol–water partition coefficient (Wildman–Crippen LogP) is -2.78. The topological polar surface area (TPSA) is 219 Å². The molecule has 37 heavy (non-hydrogen) atoms. The summed E-state index contributed by atoms with van der Waals surface area (Å²) in [7, 11) is 7.35. The van der Waals surface area contributed by atoms with Gasteiger partial charge in [0.25, 0.3) is 11.8 Å². The number of benzene rings is 1. The van der Waals surface area contributed by atoms with Crippen LogP contribution >= 0.6 is 0 Å². The van der Waals surface area contributed by atoms with Crippen molar-refractivity contribution in [1.29, 1.82) is 0 Å². The number of hydrogen-bond acceptors (Lipinski definition) is 13. The molecule has 1 aromatic carbocycles. The Morgan fingerprint density at radius 3 is 1.73 bits per heavy atom. The molecule has 2 amide bonds. The number of rotatable bonds is 14. The van der Waals surface area contributed by atoms with Gasteiger partial charge in [-0.25, -0.2) is 0 Å². The normalized spacial score (nSPS) is 17.4. The zero-order valence-corrected chi connectivity index (χ0v) is 23.8. The van der Waals surface area contributed by atoms with Gasteiger partial charge in [-0.3, -0.25) is 40.3 Å². The third-order valence-corrected chi connectivity index (χ3v) is 4.86. The van der Waals surface area contributed by atoms with Crippen LogP contribution in [0.15, 0.2) is 24.3 Å². The number of amides is 2. The molecule has 2 aliphatic heterocycles. The zero-order valence-electron chi connectivity index (χ0n) is 21.0. The minimum absolute atomic E-state index is 0. The van der Waals surface area contributed by atoms with Crippen LogP contribution in [0.5, 0.6) is 0 Å². The second-order valence-electron chi connectivity index (χ2n) is 7.99. The van der Waals surface area contributed by atoms with E-state index in [0.717, 1.165) is 0 Å². The van der Waals surface area contributed by atoms with Gasteiger partial charge in [-0.05, 0) is 25.2 Å². The van der Waals surface area contributed by atoms with Crippen LogP contribution in [0.3, 0.4) is 0 Å². The Bertz CT molecular complexity index is 736. The smallest absolute Gasteiger partial charge is 0.261 e. The number of ether oxygens (including phenoxy) is 3. The van der Waals surface area contributed by atoms with Crippen molar-refractivity contribution in [2.45, 2.75) is 18.3 Å². The summed E-state index contributed by atoms with van der Waals surface area (Å²) < 4.78 is 15.4. The van der Waals surface area contributed by atoms with Crippen molar-refractivity contribution in [3.8, 4) is 0 Å². The fraction of sp³-hybridized carbons (Fsp3) is 0.545. The Labute approximate surface area is 243 Å². The number of hydrazine groups is 1. The number of imide groups is 1. The summed E-state index contributed by atoms with van der Waals surface area (Å²) in [6, 6.07) is 6.90. The molecule has 2 aliphatic rings. The Balaban J connectivity index is 0.000000648. The van der Waals surface area contributed by atoms with Crippen LogP contribution in [-0.2, 0) is 46.9 Å². The summed E-state index contributed by atoms with van der Waals surface area (Å²) in [5.74, 6) is 7.59. The molecule has 1 aromatic rings. The maximum absolute atomic E-state index is 11.8. The van der Waals surface area contributed by atoms with Gasteiger partial charge in [0, 0.05) is 45.8 Å². The van der Waals surface area contributed by atoms with Crippen molar-refractivity contribution in [2.75, 3.05) is 59.6 Å². The van der Waals surface area contributed by atoms with Crippen LogP contribution in [0.25, 0.3) is 0 Å². The fourth-order valence-electron chi connectivity index (χ4n) is 3.02. The first-order valence-corrected chi connectivity index (χ1v) is 11.2. The van der Waals surface area contributed by atoms with E-state index < -0.39 is 12.2 Å². The molecule has 1 fully saturated rings. The van der Waals surface area contributed by atoms with Crippen molar-refractivity contribution >= 4 is 11.8 Å². The van der Waals surface area contributed by atoms with Crippen LogP contribution in [0.4, 0.5) is 0 Å². The van der Waals surface area contributed by atoms with Crippen LogP contribution in [0.1, 0.15) is 20.7 Å². The Morgan fingerprint density at radius 1 is 0.973 bits per heavy atom. The van der Waals surface area contributed by atoms with Gasteiger partial charge in [-0.15, -0.1) is 0 Å². The van der Waals surface area contributed by atoms with Crippen LogP contribution in [0.2, 0.25) is 0 Å². The molecule has 15 heteroatoms. The summed E-state index contributed by atoms with van der Waals surface area (Å²) in [6.07, 6.45) is -1.18. The minimum Gasteiger partial charge on any atom is -0.435 e. The number of carbonyl (C=O) groups excluding carboxylic acids is 2. The molecule has 3 rings (SSSR count). The van der Waals surface area contributed by atoms with E-state index in [1.807, 2.05) is 0 Å². The van der Waals surface area contributed by atoms with Gasteiger partial charge in [0.2, 0.25) is 0 Å². The third kappa shape index (κ3) is 13.6. The molecular formula is C22H39N7O7Y-2. The van der Waals surface area contributed by atoms with E-state index in [-0.39, 0.29) is 84.0 Å². The van der Waals surface area contributed by atoms with Gasteiger partial charge in [-0.2, -0.15) is 0 Å². The van der Waals surface area contributed by atoms with Gasteiger partial charge in [0.15, 0.2) is 0 Å². The van der Waals surface area contributed by atoms with Crippen LogP contribution in [0, 0.1) is 14.1 Å². The average molecular weight is 603 g/mol. The summed E-state index contributed by atoms with van der Waals surface area (Å²) in [5.41, 5.74) is 11.5. The summed E-state index contributed by atoms with van der Waals surface area (Å²) in [6.45, 7) is 2.57. The van der Waals surface area contributed by atoms with Crippen molar-refractivity contribution in [2.24, 2.45) is 23.2 Å². The van der Waals surface area contributed by atoms with Crippen molar-refractivity contribution in [1.82, 2.24) is 14.7 Å². The van der Waals surface area contributed by atoms with Crippen LogP contribution < -0.4 is 23.2 Å². The van der Waals surface area contributed by atoms with Crippen LogP contribution in [-0.4, -0.2) is 115 Å². The van der Waals surface area contributed by atoms with E-state index in [2.05, 4.69) is 25.8 Å². The second kappa shape index (κ2) is 20.0. The molecule has 0 saturated carbocycles. The summed E-state index contributed by atoms with van der Waals surface area (Å²) >= 11 is 0. The SMILES string of the molecule is NN.O=C1c2ccccc2C(=O)N1CC1CO1.[CH2-]N(COCOCN([CH2-])CC(O)CN)CC(O)CN.[Y]. The number of aliphatic hydroxyl groups excluding tert-OH is 2. The number of carbonyl (C=O) groups is 2.